The van der Waals surface area contributed by atoms with Crippen molar-refractivity contribution in [2.75, 3.05) is 6.54 Å². The highest BCUT2D eigenvalue weighted by Crippen LogP contribution is 2.15. The molecule has 30 heavy (non-hydrogen) atoms. The maximum atomic E-state index is 13.4. The summed E-state index contributed by atoms with van der Waals surface area (Å²) in [5, 5.41) is 3.17. The Kier molecular flexibility index (Phi) is 6.01. The van der Waals surface area contributed by atoms with Gasteiger partial charge in [-0.1, -0.05) is 26.0 Å². The van der Waals surface area contributed by atoms with Gasteiger partial charge in [0.15, 0.2) is 5.78 Å². The van der Waals surface area contributed by atoms with Crippen LogP contribution in [0.5, 0.6) is 0 Å². The first-order valence-electron chi connectivity index (χ1n) is 9.87. The second kappa shape index (κ2) is 8.49. The van der Waals surface area contributed by atoms with E-state index in [1.54, 1.807) is 55.5 Å². The van der Waals surface area contributed by atoms with Crippen LogP contribution in [0.3, 0.4) is 0 Å². The average molecular weight is 407 g/mol. The van der Waals surface area contributed by atoms with E-state index >= 15 is 0 Å². The molecule has 3 aromatic rings. The molecule has 1 atom stereocenters. The average Bonchev–Trinajstić information content (AvgIpc) is 2.72. The molecule has 0 fully saturated rings. The standard InChI is InChI=1S/C23H25N3O4/c1-14(2)13-24-21(28)15(3)25-20-8-6-5-7-19(20)22(29)26(23(25)30)18-11-9-17(10-12-18)16(4)27/h5-12,14-15H,13H2,1-4H3,(H,24,28)/t15-/m0/s1. The summed E-state index contributed by atoms with van der Waals surface area (Å²) in [5.74, 6) is -0.142. The number of Topliss-reactive ketones (excluding diaryl/α,β-unsaturated/α-hetero) is 1. The van der Waals surface area contributed by atoms with Gasteiger partial charge in [-0.25, -0.2) is 9.36 Å². The number of fused-ring (bicyclic) bond motifs is 1. The minimum absolute atomic E-state index is 0.111. The molecule has 0 aliphatic rings. The summed E-state index contributed by atoms with van der Waals surface area (Å²) >= 11 is 0. The van der Waals surface area contributed by atoms with Gasteiger partial charge in [0.05, 0.1) is 16.6 Å². The van der Waals surface area contributed by atoms with Crippen molar-refractivity contribution in [2.45, 2.75) is 33.7 Å². The van der Waals surface area contributed by atoms with E-state index in [0.29, 0.717) is 28.7 Å². The number of amides is 1. The number of rotatable bonds is 6. The van der Waals surface area contributed by atoms with Gasteiger partial charge >= 0.3 is 5.69 Å². The van der Waals surface area contributed by atoms with Gasteiger partial charge in [-0.3, -0.25) is 19.0 Å². The van der Waals surface area contributed by atoms with Crippen molar-refractivity contribution in [1.82, 2.24) is 14.5 Å². The maximum absolute atomic E-state index is 13.4. The Morgan fingerprint density at radius 3 is 2.20 bits per heavy atom. The van der Waals surface area contributed by atoms with E-state index in [1.165, 1.54) is 11.5 Å². The number of ketones is 1. The maximum Gasteiger partial charge on any atom is 0.336 e. The van der Waals surface area contributed by atoms with Crippen LogP contribution in [0.1, 0.15) is 44.1 Å². The van der Waals surface area contributed by atoms with Crippen molar-refractivity contribution < 1.29 is 9.59 Å². The molecule has 0 unspecified atom stereocenters. The molecule has 1 amide bonds. The summed E-state index contributed by atoms with van der Waals surface area (Å²) in [6.07, 6.45) is 0. The van der Waals surface area contributed by atoms with Gasteiger partial charge in [0, 0.05) is 12.1 Å². The van der Waals surface area contributed by atoms with Gasteiger partial charge < -0.3 is 5.32 Å². The number of carbonyl (C=O) groups excluding carboxylic acids is 2. The van der Waals surface area contributed by atoms with Crippen molar-refractivity contribution in [2.24, 2.45) is 5.92 Å². The summed E-state index contributed by atoms with van der Waals surface area (Å²) in [6, 6.07) is 12.2. The van der Waals surface area contributed by atoms with Gasteiger partial charge in [0.2, 0.25) is 5.91 Å². The Morgan fingerprint density at radius 1 is 0.967 bits per heavy atom. The van der Waals surface area contributed by atoms with Crippen molar-refractivity contribution >= 4 is 22.6 Å². The molecule has 0 saturated heterocycles. The molecule has 7 heteroatoms. The highest BCUT2D eigenvalue weighted by Gasteiger charge is 2.22. The zero-order valence-electron chi connectivity index (χ0n) is 17.5. The Labute approximate surface area is 174 Å². The predicted molar refractivity (Wildman–Crippen MR) is 116 cm³/mol. The van der Waals surface area contributed by atoms with E-state index in [9.17, 15) is 19.2 Å². The quantitative estimate of drug-likeness (QED) is 0.636. The Balaban J connectivity index is 2.23. The lowest BCUT2D eigenvalue weighted by Crippen LogP contribution is -2.44. The SMILES string of the molecule is CC(=O)c1ccc(-n2c(=O)c3ccccc3n([C@@H](C)C(=O)NCC(C)C)c2=O)cc1. The molecule has 0 aliphatic heterocycles. The molecule has 1 aromatic heterocycles. The van der Waals surface area contributed by atoms with Crippen molar-refractivity contribution in [1.29, 1.82) is 0 Å². The molecule has 0 radical (unpaired) electrons. The second-order valence-corrected chi connectivity index (χ2v) is 7.73. The van der Waals surface area contributed by atoms with Crippen LogP contribution in [0.2, 0.25) is 0 Å². The molecule has 1 heterocycles. The lowest BCUT2D eigenvalue weighted by Gasteiger charge is -2.20. The molecule has 0 saturated carbocycles. The third kappa shape index (κ3) is 3.96. The van der Waals surface area contributed by atoms with E-state index < -0.39 is 17.3 Å². The van der Waals surface area contributed by atoms with Crippen LogP contribution in [0, 0.1) is 5.92 Å². The van der Waals surface area contributed by atoms with Crippen LogP contribution in [0.4, 0.5) is 0 Å². The van der Waals surface area contributed by atoms with Crippen molar-refractivity contribution in [3.05, 3.63) is 74.9 Å². The topological polar surface area (TPSA) is 90.2 Å². The van der Waals surface area contributed by atoms with Gasteiger partial charge in [-0.15, -0.1) is 0 Å². The Hall–Kier alpha value is -3.48. The smallest absolute Gasteiger partial charge is 0.336 e. The van der Waals surface area contributed by atoms with Gasteiger partial charge in [0.1, 0.15) is 6.04 Å². The van der Waals surface area contributed by atoms with Crippen LogP contribution >= 0.6 is 0 Å². The minimum Gasteiger partial charge on any atom is -0.354 e. The van der Waals surface area contributed by atoms with E-state index in [0.717, 1.165) is 4.57 Å². The fourth-order valence-electron chi connectivity index (χ4n) is 3.30. The second-order valence-electron chi connectivity index (χ2n) is 7.73. The molecular weight excluding hydrogens is 382 g/mol. The minimum atomic E-state index is -0.815. The molecular formula is C23H25N3O4. The van der Waals surface area contributed by atoms with Gasteiger partial charge in [0.25, 0.3) is 5.56 Å². The van der Waals surface area contributed by atoms with Crippen LogP contribution in [-0.4, -0.2) is 27.4 Å². The lowest BCUT2D eigenvalue weighted by molar-refractivity contribution is -0.124. The fourth-order valence-corrected chi connectivity index (χ4v) is 3.30. The number of nitrogens with zero attached hydrogens (tertiary/aromatic N) is 2. The van der Waals surface area contributed by atoms with Gasteiger partial charge in [-0.05, 0) is 56.2 Å². The highest BCUT2D eigenvalue weighted by atomic mass is 16.2. The number of aromatic nitrogens is 2. The van der Waals surface area contributed by atoms with Crippen LogP contribution in [-0.2, 0) is 4.79 Å². The first kappa shape index (κ1) is 21.2. The van der Waals surface area contributed by atoms with Crippen molar-refractivity contribution in [3.63, 3.8) is 0 Å². The molecule has 156 valence electrons. The van der Waals surface area contributed by atoms with Crippen molar-refractivity contribution in [3.8, 4) is 5.69 Å². The summed E-state index contributed by atoms with van der Waals surface area (Å²) in [7, 11) is 0. The predicted octanol–water partition coefficient (Wildman–Crippen LogP) is 2.69. The van der Waals surface area contributed by atoms with E-state index in [-0.39, 0.29) is 17.6 Å². The largest absolute Gasteiger partial charge is 0.354 e. The summed E-state index contributed by atoms with van der Waals surface area (Å²) < 4.78 is 2.38. The number of hydrogen-bond acceptors (Lipinski definition) is 4. The number of carbonyl (C=O) groups is 2. The van der Waals surface area contributed by atoms with Gasteiger partial charge in [-0.2, -0.15) is 0 Å². The Morgan fingerprint density at radius 2 is 1.60 bits per heavy atom. The normalized spacial score (nSPS) is 12.2. The zero-order valence-corrected chi connectivity index (χ0v) is 17.5. The molecule has 0 aliphatic carbocycles. The van der Waals surface area contributed by atoms with E-state index in [2.05, 4.69) is 5.32 Å². The lowest BCUT2D eigenvalue weighted by atomic mass is 10.1. The third-order valence-electron chi connectivity index (χ3n) is 4.98. The Bertz CT molecular complexity index is 1220. The number of benzene rings is 2. The molecule has 0 spiro atoms. The molecule has 3 rings (SSSR count). The first-order valence-corrected chi connectivity index (χ1v) is 9.87. The zero-order chi connectivity index (χ0) is 22.0. The van der Waals surface area contributed by atoms with E-state index in [4.69, 9.17) is 0 Å². The van der Waals surface area contributed by atoms with Crippen LogP contribution < -0.4 is 16.6 Å². The summed E-state index contributed by atoms with van der Waals surface area (Å²) in [4.78, 5) is 50.7. The molecule has 0 bridgehead atoms. The van der Waals surface area contributed by atoms with Crippen LogP contribution in [0.25, 0.3) is 16.6 Å². The van der Waals surface area contributed by atoms with E-state index in [1.807, 2.05) is 13.8 Å². The molecule has 7 nitrogen and oxygen atoms in total. The monoisotopic (exact) mass is 407 g/mol. The number of hydrogen-bond donors (Lipinski definition) is 1. The number of nitrogens with one attached hydrogen (secondary N) is 1. The summed E-state index contributed by atoms with van der Waals surface area (Å²) in [5.41, 5.74) is 0.133. The summed E-state index contributed by atoms with van der Waals surface area (Å²) in [6.45, 7) is 7.54. The first-order chi connectivity index (χ1) is 14.2. The van der Waals surface area contributed by atoms with Crippen LogP contribution in [0.15, 0.2) is 58.1 Å². The molecule has 1 N–H and O–H groups in total. The molecule has 2 aromatic carbocycles. The highest BCUT2D eigenvalue weighted by molar-refractivity contribution is 5.94. The fraction of sp³-hybridized carbons (Fsp3) is 0.304. The number of para-hydroxylation sites is 1. The third-order valence-corrected chi connectivity index (χ3v) is 4.98.